The van der Waals surface area contributed by atoms with Crippen molar-refractivity contribution in [2.24, 2.45) is 17.3 Å². The highest BCUT2D eigenvalue weighted by Crippen LogP contribution is 2.43. The lowest BCUT2D eigenvalue weighted by Crippen LogP contribution is -2.31. The Morgan fingerprint density at radius 2 is 2.00 bits per heavy atom. The van der Waals surface area contributed by atoms with Crippen molar-refractivity contribution in [3.05, 3.63) is 6.42 Å². The van der Waals surface area contributed by atoms with Crippen LogP contribution >= 0.6 is 0 Å². The van der Waals surface area contributed by atoms with Crippen LogP contribution in [0.25, 0.3) is 0 Å². The first-order valence-electron chi connectivity index (χ1n) is 4.88. The first-order chi connectivity index (χ1) is 5.04. The van der Waals surface area contributed by atoms with Gasteiger partial charge in [-0.2, -0.15) is 0 Å². The SMILES string of the molecule is CC(C)C1CCC[CH]C1(C)C. The molecule has 0 amide bonds. The fraction of sp³-hybridized carbons (Fsp3) is 0.909. The predicted octanol–water partition coefficient (Wildman–Crippen LogP) is 3.67. The summed E-state index contributed by atoms with van der Waals surface area (Å²) in [4.78, 5) is 0. The van der Waals surface area contributed by atoms with Crippen LogP contribution in [0.1, 0.15) is 47.0 Å². The van der Waals surface area contributed by atoms with E-state index in [9.17, 15) is 0 Å². The van der Waals surface area contributed by atoms with Crippen molar-refractivity contribution < 1.29 is 0 Å². The second kappa shape index (κ2) is 3.16. The monoisotopic (exact) mass is 153 g/mol. The van der Waals surface area contributed by atoms with Gasteiger partial charge in [-0.3, -0.25) is 0 Å². The third kappa shape index (κ3) is 1.98. The van der Waals surface area contributed by atoms with E-state index < -0.39 is 0 Å². The zero-order valence-corrected chi connectivity index (χ0v) is 8.35. The molecule has 1 fully saturated rings. The van der Waals surface area contributed by atoms with Gasteiger partial charge in [0.1, 0.15) is 0 Å². The van der Waals surface area contributed by atoms with E-state index in [4.69, 9.17) is 0 Å². The van der Waals surface area contributed by atoms with Crippen molar-refractivity contribution in [2.45, 2.75) is 47.0 Å². The molecule has 11 heavy (non-hydrogen) atoms. The molecule has 0 aromatic carbocycles. The van der Waals surface area contributed by atoms with Gasteiger partial charge in [0, 0.05) is 0 Å². The van der Waals surface area contributed by atoms with Crippen molar-refractivity contribution in [1.29, 1.82) is 0 Å². The molecule has 1 saturated carbocycles. The molecule has 0 aromatic heterocycles. The van der Waals surface area contributed by atoms with Crippen LogP contribution in [-0.2, 0) is 0 Å². The minimum Gasteiger partial charge on any atom is -0.0625 e. The lowest BCUT2D eigenvalue weighted by Gasteiger charge is -2.41. The van der Waals surface area contributed by atoms with Crippen LogP contribution in [0.4, 0.5) is 0 Å². The first kappa shape index (κ1) is 9.09. The van der Waals surface area contributed by atoms with Crippen LogP contribution in [0.2, 0.25) is 0 Å². The van der Waals surface area contributed by atoms with E-state index in [0.29, 0.717) is 5.41 Å². The molecule has 0 aromatic rings. The van der Waals surface area contributed by atoms with Gasteiger partial charge in [0.15, 0.2) is 0 Å². The Labute approximate surface area is 71.4 Å². The molecule has 1 aliphatic carbocycles. The summed E-state index contributed by atoms with van der Waals surface area (Å²) in [6.45, 7) is 9.48. The van der Waals surface area contributed by atoms with E-state index in [1.54, 1.807) is 0 Å². The average molecular weight is 153 g/mol. The van der Waals surface area contributed by atoms with E-state index in [2.05, 4.69) is 34.1 Å². The van der Waals surface area contributed by atoms with Crippen LogP contribution in [0.3, 0.4) is 0 Å². The van der Waals surface area contributed by atoms with Crippen LogP contribution in [0.5, 0.6) is 0 Å². The summed E-state index contributed by atoms with van der Waals surface area (Å²) in [5, 5.41) is 0. The van der Waals surface area contributed by atoms with E-state index in [1.165, 1.54) is 19.3 Å². The zero-order valence-electron chi connectivity index (χ0n) is 8.35. The quantitative estimate of drug-likeness (QED) is 0.539. The minimum atomic E-state index is 0.492. The third-order valence-electron chi connectivity index (χ3n) is 3.15. The Bertz CT molecular complexity index is 122. The third-order valence-corrected chi connectivity index (χ3v) is 3.15. The summed E-state index contributed by atoms with van der Waals surface area (Å²) < 4.78 is 0. The van der Waals surface area contributed by atoms with Gasteiger partial charge in [-0.1, -0.05) is 34.1 Å². The fourth-order valence-corrected chi connectivity index (χ4v) is 2.53. The molecular formula is C11H21. The molecule has 1 rings (SSSR count). The van der Waals surface area contributed by atoms with Crippen molar-refractivity contribution >= 4 is 0 Å². The minimum absolute atomic E-state index is 0.492. The largest absolute Gasteiger partial charge is 0.0625 e. The van der Waals surface area contributed by atoms with Gasteiger partial charge >= 0.3 is 0 Å². The summed E-state index contributed by atoms with van der Waals surface area (Å²) in [7, 11) is 0. The molecule has 1 unspecified atom stereocenters. The van der Waals surface area contributed by atoms with Gasteiger partial charge in [0.2, 0.25) is 0 Å². The van der Waals surface area contributed by atoms with E-state index >= 15 is 0 Å². The Hall–Kier alpha value is 0. The highest BCUT2D eigenvalue weighted by molar-refractivity contribution is 4.95. The molecule has 0 bridgehead atoms. The highest BCUT2D eigenvalue weighted by Gasteiger charge is 2.33. The Morgan fingerprint density at radius 3 is 2.36 bits per heavy atom. The van der Waals surface area contributed by atoms with E-state index in [-0.39, 0.29) is 0 Å². The second-order valence-corrected chi connectivity index (χ2v) is 4.81. The molecule has 0 heterocycles. The van der Waals surface area contributed by atoms with E-state index in [1.807, 2.05) is 0 Å². The number of hydrogen-bond acceptors (Lipinski definition) is 0. The predicted molar refractivity (Wildman–Crippen MR) is 50.3 cm³/mol. The van der Waals surface area contributed by atoms with Crippen molar-refractivity contribution in [3.8, 4) is 0 Å². The van der Waals surface area contributed by atoms with Gasteiger partial charge in [-0.15, -0.1) is 0 Å². The summed E-state index contributed by atoms with van der Waals surface area (Å²) >= 11 is 0. The van der Waals surface area contributed by atoms with Crippen LogP contribution < -0.4 is 0 Å². The van der Waals surface area contributed by atoms with Gasteiger partial charge < -0.3 is 0 Å². The molecule has 1 atom stereocenters. The maximum atomic E-state index is 2.52. The van der Waals surface area contributed by atoms with Crippen LogP contribution in [-0.4, -0.2) is 0 Å². The lowest BCUT2D eigenvalue weighted by molar-refractivity contribution is 0.146. The molecule has 65 valence electrons. The Balaban J connectivity index is 2.60. The standard InChI is InChI=1S/C11H21/c1-9(2)10-7-5-6-8-11(10,3)4/h8-10H,5-7H2,1-4H3. The smallest absolute Gasteiger partial charge is 0.0292 e. The van der Waals surface area contributed by atoms with Crippen molar-refractivity contribution in [1.82, 2.24) is 0 Å². The highest BCUT2D eigenvalue weighted by atomic mass is 14.4. The molecule has 1 radical (unpaired) electrons. The van der Waals surface area contributed by atoms with Crippen molar-refractivity contribution in [3.63, 3.8) is 0 Å². The van der Waals surface area contributed by atoms with Crippen LogP contribution in [0, 0.1) is 23.7 Å². The molecule has 0 heteroatoms. The number of hydrogen-bond donors (Lipinski definition) is 0. The van der Waals surface area contributed by atoms with Gasteiger partial charge in [0.05, 0.1) is 0 Å². The summed E-state index contributed by atoms with van der Waals surface area (Å²) in [5.41, 5.74) is 0.492. The summed E-state index contributed by atoms with van der Waals surface area (Å²) in [5.74, 6) is 1.76. The van der Waals surface area contributed by atoms with Gasteiger partial charge in [-0.05, 0) is 36.5 Å². The average Bonchev–Trinajstić information content (AvgIpc) is 1.85. The molecular weight excluding hydrogens is 132 g/mol. The maximum absolute atomic E-state index is 2.52. The van der Waals surface area contributed by atoms with Gasteiger partial charge in [-0.25, -0.2) is 0 Å². The summed E-state index contributed by atoms with van der Waals surface area (Å²) in [6, 6.07) is 0. The molecule has 0 N–H and O–H groups in total. The Kier molecular flexibility index (Phi) is 2.61. The van der Waals surface area contributed by atoms with Crippen LogP contribution in [0.15, 0.2) is 0 Å². The zero-order chi connectivity index (χ0) is 8.48. The van der Waals surface area contributed by atoms with Gasteiger partial charge in [0.25, 0.3) is 0 Å². The Morgan fingerprint density at radius 1 is 1.36 bits per heavy atom. The van der Waals surface area contributed by atoms with Crippen molar-refractivity contribution in [2.75, 3.05) is 0 Å². The van der Waals surface area contributed by atoms with E-state index in [0.717, 1.165) is 11.8 Å². The normalized spacial score (nSPS) is 30.8. The first-order valence-corrected chi connectivity index (χ1v) is 4.88. The summed E-state index contributed by atoms with van der Waals surface area (Å²) in [6.07, 6.45) is 6.69. The molecule has 1 aliphatic rings. The maximum Gasteiger partial charge on any atom is -0.0292 e. The molecule has 0 saturated heterocycles. The lowest BCUT2D eigenvalue weighted by atomic mass is 9.65. The topological polar surface area (TPSA) is 0 Å². The fourth-order valence-electron chi connectivity index (χ4n) is 2.53. The molecule has 0 nitrogen and oxygen atoms in total. The molecule has 0 aliphatic heterocycles. The second-order valence-electron chi connectivity index (χ2n) is 4.81. The molecule has 0 spiro atoms. The number of rotatable bonds is 1.